The van der Waals surface area contributed by atoms with Crippen LogP contribution in [0.15, 0.2) is 0 Å². The molecule has 1 saturated carbocycles. The Kier molecular flexibility index (Phi) is 4.69. The van der Waals surface area contributed by atoms with Gasteiger partial charge in [-0.1, -0.05) is 6.92 Å². The number of aromatic nitrogens is 3. The first-order valence-electron chi connectivity index (χ1n) is 6.59. The maximum atomic E-state index is 11.7. The molecule has 1 fully saturated rings. The van der Waals surface area contributed by atoms with Crippen LogP contribution in [0.25, 0.3) is 0 Å². The summed E-state index contributed by atoms with van der Waals surface area (Å²) in [6.07, 6.45) is 4.12. The van der Waals surface area contributed by atoms with E-state index in [0.717, 1.165) is 38.1 Å². The highest BCUT2D eigenvalue weighted by molar-refractivity contribution is 5.90. The van der Waals surface area contributed by atoms with Gasteiger partial charge < -0.3 is 10.1 Å². The molecule has 1 aromatic heterocycles. The van der Waals surface area contributed by atoms with Crippen molar-refractivity contribution in [3.05, 3.63) is 11.6 Å². The molecule has 1 aromatic rings. The molecule has 100 valence electrons. The van der Waals surface area contributed by atoms with Crippen molar-refractivity contribution in [2.45, 2.75) is 38.5 Å². The number of nitrogens with one attached hydrogen (secondary N) is 2. The van der Waals surface area contributed by atoms with Crippen molar-refractivity contribution in [1.82, 2.24) is 20.5 Å². The SMILES string of the molecule is CCCOCCCNC(=O)c1n[nH]c(C2CC2)n1. The summed E-state index contributed by atoms with van der Waals surface area (Å²) < 4.78 is 5.33. The van der Waals surface area contributed by atoms with Gasteiger partial charge >= 0.3 is 0 Å². The van der Waals surface area contributed by atoms with Crippen LogP contribution in [0.4, 0.5) is 0 Å². The average Bonchev–Trinajstić information content (AvgIpc) is 3.11. The van der Waals surface area contributed by atoms with Gasteiger partial charge in [-0.2, -0.15) is 0 Å². The Bertz CT molecular complexity index is 387. The molecule has 0 bridgehead atoms. The maximum Gasteiger partial charge on any atom is 0.290 e. The van der Waals surface area contributed by atoms with Crippen molar-refractivity contribution in [2.24, 2.45) is 0 Å². The van der Waals surface area contributed by atoms with Crippen molar-refractivity contribution >= 4 is 5.91 Å². The number of carbonyl (C=O) groups excluding carboxylic acids is 1. The van der Waals surface area contributed by atoms with Gasteiger partial charge in [-0.15, -0.1) is 5.10 Å². The molecule has 0 saturated heterocycles. The van der Waals surface area contributed by atoms with E-state index in [2.05, 4.69) is 27.4 Å². The quantitative estimate of drug-likeness (QED) is 0.682. The Labute approximate surface area is 107 Å². The van der Waals surface area contributed by atoms with Crippen molar-refractivity contribution < 1.29 is 9.53 Å². The van der Waals surface area contributed by atoms with Gasteiger partial charge in [0.2, 0.25) is 5.82 Å². The van der Waals surface area contributed by atoms with Gasteiger partial charge in [0.05, 0.1) is 0 Å². The molecule has 1 aliphatic rings. The molecule has 2 rings (SSSR count). The number of ether oxygens (including phenoxy) is 1. The monoisotopic (exact) mass is 252 g/mol. The molecule has 0 aromatic carbocycles. The number of nitrogens with zero attached hydrogens (tertiary/aromatic N) is 2. The summed E-state index contributed by atoms with van der Waals surface area (Å²) >= 11 is 0. The predicted octanol–water partition coefficient (Wildman–Crippen LogP) is 1.23. The first kappa shape index (κ1) is 13.0. The molecular weight excluding hydrogens is 232 g/mol. The molecule has 0 radical (unpaired) electrons. The van der Waals surface area contributed by atoms with Crippen molar-refractivity contribution in [3.63, 3.8) is 0 Å². The molecule has 1 heterocycles. The Balaban J connectivity index is 1.64. The molecule has 0 unspecified atom stereocenters. The molecule has 1 aliphatic carbocycles. The Morgan fingerprint density at radius 3 is 3.06 bits per heavy atom. The average molecular weight is 252 g/mol. The first-order valence-corrected chi connectivity index (χ1v) is 6.59. The number of rotatable bonds is 8. The molecule has 0 spiro atoms. The summed E-state index contributed by atoms with van der Waals surface area (Å²) in [5, 5.41) is 9.53. The number of hydrogen-bond donors (Lipinski definition) is 2. The van der Waals surface area contributed by atoms with E-state index in [1.807, 2.05) is 0 Å². The minimum Gasteiger partial charge on any atom is -0.381 e. The van der Waals surface area contributed by atoms with Crippen molar-refractivity contribution in [3.8, 4) is 0 Å². The van der Waals surface area contributed by atoms with Crippen LogP contribution in [-0.4, -0.2) is 40.8 Å². The summed E-state index contributed by atoms with van der Waals surface area (Å²) in [7, 11) is 0. The molecule has 0 aliphatic heterocycles. The van der Waals surface area contributed by atoms with E-state index in [-0.39, 0.29) is 11.7 Å². The van der Waals surface area contributed by atoms with Gasteiger partial charge in [0.1, 0.15) is 5.82 Å². The normalized spacial score (nSPS) is 14.7. The lowest BCUT2D eigenvalue weighted by molar-refractivity contribution is 0.0931. The molecule has 18 heavy (non-hydrogen) atoms. The van der Waals surface area contributed by atoms with Crippen LogP contribution < -0.4 is 5.32 Å². The third kappa shape index (κ3) is 3.80. The summed E-state index contributed by atoms with van der Waals surface area (Å²) in [6, 6.07) is 0. The third-order valence-electron chi connectivity index (χ3n) is 2.77. The smallest absolute Gasteiger partial charge is 0.290 e. The van der Waals surface area contributed by atoms with E-state index >= 15 is 0 Å². The van der Waals surface area contributed by atoms with Crippen molar-refractivity contribution in [1.29, 1.82) is 0 Å². The third-order valence-corrected chi connectivity index (χ3v) is 2.77. The minimum absolute atomic E-state index is 0.214. The fourth-order valence-corrected chi connectivity index (χ4v) is 1.62. The standard InChI is InChI=1S/C12H20N4O2/c1-2-7-18-8-3-6-13-12(17)11-14-10(15-16-11)9-4-5-9/h9H,2-8H2,1H3,(H,13,17)(H,14,15,16). The zero-order valence-corrected chi connectivity index (χ0v) is 10.7. The maximum absolute atomic E-state index is 11.7. The number of amides is 1. The highest BCUT2D eigenvalue weighted by Gasteiger charge is 2.28. The van der Waals surface area contributed by atoms with Gasteiger partial charge in [0.25, 0.3) is 5.91 Å². The van der Waals surface area contributed by atoms with E-state index in [0.29, 0.717) is 19.1 Å². The molecule has 6 nitrogen and oxygen atoms in total. The van der Waals surface area contributed by atoms with Crippen LogP contribution in [0.1, 0.15) is 55.0 Å². The fourth-order valence-electron chi connectivity index (χ4n) is 1.62. The topological polar surface area (TPSA) is 79.9 Å². The zero-order chi connectivity index (χ0) is 12.8. The van der Waals surface area contributed by atoms with Crippen LogP contribution >= 0.6 is 0 Å². The van der Waals surface area contributed by atoms with Crippen LogP contribution in [0.3, 0.4) is 0 Å². The van der Waals surface area contributed by atoms with Gasteiger partial charge in [-0.05, 0) is 25.7 Å². The van der Waals surface area contributed by atoms with Gasteiger partial charge in [0.15, 0.2) is 0 Å². The highest BCUT2D eigenvalue weighted by Crippen LogP contribution is 2.37. The van der Waals surface area contributed by atoms with Crippen LogP contribution in [0, 0.1) is 0 Å². The molecule has 6 heteroatoms. The lowest BCUT2D eigenvalue weighted by atomic mass is 10.4. The predicted molar refractivity (Wildman–Crippen MR) is 66.4 cm³/mol. The first-order chi connectivity index (χ1) is 8.81. The Morgan fingerprint density at radius 1 is 1.50 bits per heavy atom. The number of H-pyrrole nitrogens is 1. The molecule has 2 N–H and O–H groups in total. The van der Waals surface area contributed by atoms with Gasteiger partial charge in [-0.3, -0.25) is 9.89 Å². The van der Waals surface area contributed by atoms with Gasteiger partial charge in [0, 0.05) is 25.7 Å². The summed E-state index contributed by atoms with van der Waals surface area (Å²) in [6.45, 7) is 4.12. The van der Waals surface area contributed by atoms with Crippen LogP contribution in [0.2, 0.25) is 0 Å². The minimum atomic E-state index is -0.214. The fraction of sp³-hybridized carbons (Fsp3) is 0.750. The second-order valence-electron chi connectivity index (χ2n) is 4.54. The summed E-state index contributed by atoms with van der Waals surface area (Å²) in [4.78, 5) is 15.9. The van der Waals surface area contributed by atoms with E-state index in [4.69, 9.17) is 4.74 Å². The Morgan fingerprint density at radius 2 is 2.33 bits per heavy atom. The second kappa shape index (κ2) is 6.49. The van der Waals surface area contributed by atoms with E-state index in [9.17, 15) is 4.79 Å². The molecule has 1 amide bonds. The van der Waals surface area contributed by atoms with E-state index in [1.54, 1.807) is 0 Å². The van der Waals surface area contributed by atoms with Gasteiger partial charge in [-0.25, -0.2) is 4.98 Å². The molecular formula is C12H20N4O2. The lowest BCUT2D eigenvalue weighted by Crippen LogP contribution is -2.26. The second-order valence-corrected chi connectivity index (χ2v) is 4.54. The number of carbonyl (C=O) groups is 1. The highest BCUT2D eigenvalue weighted by atomic mass is 16.5. The van der Waals surface area contributed by atoms with Crippen molar-refractivity contribution in [2.75, 3.05) is 19.8 Å². The molecule has 0 atom stereocenters. The number of hydrogen-bond acceptors (Lipinski definition) is 4. The summed E-state index contributed by atoms with van der Waals surface area (Å²) in [5.74, 6) is 1.35. The van der Waals surface area contributed by atoms with Crippen LogP contribution in [-0.2, 0) is 4.74 Å². The van der Waals surface area contributed by atoms with E-state index < -0.39 is 0 Å². The summed E-state index contributed by atoms with van der Waals surface area (Å²) in [5.41, 5.74) is 0. The zero-order valence-electron chi connectivity index (χ0n) is 10.7. The Hall–Kier alpha value is -1.43. The lowest BCUT2D eigenvalue weighted by Gasteiger charge is -2.03. The van der Waals surface area contributed by atoms with Crippen LogP contribution in [0.5, 0.6) is 0 Å². The largest absolute Gasteiger partial charge is 0.381 e. The van der Waals surface area contributed by atoms with E-state index in [1.165, 1.54) is 0 Å². The number of aromatic amines is 1.